The van der Waals surface area contributed by atoms with Crippen LogP contribution in [0.25, 0.3) is 0 Å². The monoisotopic (exact) mass is 315 g/mol. The normalized spacial score (nSPS) is 11.7. The van der Waals surface area contributed by atoms with Gasteiger partial charge in [-0.25, -0.2) is 4.98 Å². The molecule has 1 aromatic carbocycles. The van der Waals surface area contributed by atoms with E-state index in [0.29, 0.717) is 5.56 Å². The topological polar surface area (TPSA) is 48.7 Å². The highest BCUT2D eigenvalue weighted by Crippen LogP contribution is 2.22. The van der Waals surface area contributed by atoms with Gasteiger partial charge in [0.2, 0.25) is 0 Å². The Hall–Kier alpha value is -1.86. The Labute approximate surface area is 121 Å². The first-order valence-electron chi connectivity index (χ1n) is 5.99. The van der Waals surface area contributed by atoms with E-state index >= 15 is 0 Å². The lowest BCUT2D eigenvalue weighted by molar-refractivity contribution is 0.873. The molecule has 0 radical (unpaired) electrons. The minimum absolute atomic E-state index is 0.0985. The van der Waals surface area contributed by atoms with E-state index in [4.69, 9.17) is 5.26 Å². The van der Waals surface area contributed by atoms with Gasteiger partial charge in [-0.15, -0.1) is 0 Å². The number of nitriles is 1. The number of benzene rings is 1. The van der Waals surface area contributed by atoms with Crippen LogP contribution in [0.1, 0.15) is 29.7 Å². The van der Waals surface area contributed by atoms with Gasteiger partial charge in [-0.2, -0.15) is 5.26 Å². The van der Waals surface area contributed by atoms with E-state index < -0.39 is 0 Å². The smallest absolute Gasteiger partial charge is 0.126 e. The molecule has 0 saturated heterocycles. The van der Waals surface area contributed by atoms with Crippen molar-refractivity contribution >= 4 is 21.7 Å². The maximum absolute atomic E-state index is 8.91. The number of aryl methyl sites for hydroxylation is 1. The van der Waals surface area contributed by atoms with Crippen molar-refractivity contribution in [2.75, 3.05) is 5.32 Å². The van der Waals surface area contributed by atoms with E-state index in [-0.39, 0.29) is 6.04 Å². The summed E-state index contributed by atoms with van der Waals surface area (Å²) in [5.41, 5.74) is 2.88. The number of pyridine rings is 1. The summed E-state index contributed by atoms with van der Waals surface area (Å²) >= 11 is 3.43. The number of hydrogen-bond donors (Lipinski definition) is 1. The Morgan fingerprint density at radius 2 is 2.16 bits per heavy atom. The fraction of sp³-hybridized carbons (Fsp3) is 0.200. The van der Waals surface area contributed by atoms with Crippen LogP contribution in [0.3, 0.4) is 0 Å². The lowest BCUT2D eigenvalue weighted by Crippen LogP contribution is -2.08. The molecule has 1 heterocycles. The maximum atomic E-state index is 8.91. The first-order valence-corrected chi connectivity index (χ1v) is 6.78. The van der Waals surface area contributed by atoms with Crippen LogP contribution >= 0.6 is 15.9 Å². The molecule has 1 aromatic heterocycles. The molecule has 1 unspecified atom stereocenters. The SMILES string of the molecule is Cc1cc(NC(C)c2cccc(C#N)c2)ncc1Br. The van der Waals surface area contributed by atoms with Crippen LogP contribution in [0.2, 0.25) is 0 Å². The van der Waals surface area contributed by atoms with Gasteiger partial charge in [0.05, 0.1) is 11.6 Å². The molecule has 2 aromatic rings. The number of nitrogens with one attached hydrogen (secondary N) is 1. The molecule has 4 heteroatoms. The second-order valence-corrected chi connectivity index (χ2v) is 5.28. The molecule has 3 nitrogen and oxygen atoms in total. The summed E-state index contributed by atoms with van der Waals surface area (Å²) < 4.78 is 0.997. The van der Waals surface area contributed by atoms with Gasteiger partial charge in [-0.1, -0.05) is 12.1 Å². The number of aromatic nitrogens is 1. The highest BCUT2D eigenvalue weighted by molar-refractivity contribution is 9.10. The molecule has 0 spiro atoms. The third kappa shape index (κ3) is 3.33. The second kappa shape index (κ2) is 5.85. The van der Waals surface area contributed by atoms with E-state index in [1.807, 2.05) is 31.2 Å². The minimum Gasteiger partial charge on any atom is -0.364 e. The van der Waals surface area contributed by atoms with E-state index in [1.165, 1.54) is 0 Å². The van der Waals surface area contributed by atoms with Crippen molar-refractivity contribution in [3.8, 4) is 6.07 Å². The average molecular weight is 316 g/mol. The molecule has 1 N–H and O–H groups in total. The predicted octanol–water partition coefficient (Wildman–Crippen LogP) is 4.20. The van der Waals surface area contributed by atoms with Crippen molar-refractivity contribution in [1.29, 1.82) is 5.26 Å². The molecule has 2 rings (SSSR count). The summed E-state index contributed by atoms with van der Waals surface area (Å²) in [6.07, 6.45) is 1.79. The zero-order valence-corrected chi connectivity index (χ0v) is 12.4. The summed E-state index contributed by atoms with van der Waals surface area (Å²) in [6.45, 7) is 4.08. The average Bonchev–Trinajstić information content (AvgIpc) is 2.43. The molecule has 0 saturated carbocycles. The van der Waals surface area contributed by atoms with Gasteiger partial charge in [0.1, 0.15) is 5.82 Å². The third-order valence-corrected chi connectivity index (χ3v) is 3.76. The molecule has 1 atom stereocenters. The Morgan fingerprint density at radius 3 is 2.84 bits per heavy atom. The quantitative estimate of drug-likeness (QED) is 0.923. The zero-order chi connectivity index (χ0) is 13.8. The predicted molar refractivity (Wildman–Crippen MR) is 79.9 cm³/mol. The lowest BCUT2D eigenvalue weighted by Gasteiger charge is -2.15. The van der Waals surface area contributed by atoms with Crippen molar-refractivity contribution in [2.45, 2.75) is 19.9 Å². The van der Waals surface area contributed by atoms with Crippen LogP contribution in [-0.2, 0) is 0 Å². The van der Waals surface area contributed by atoms with Crippen molar-refractivity contribution in [1.82, 2.24) is 4.98 Å². The molecule has 0 aliphatic carbocycles. The molecule has 0 aliphatic rings. The van der Waals surface area contributed by atoms with Crippen LogP contribution < -0.4 is 5.32 Å². The molecule has 96 valence electrons. The number of rotatable bonds is 3. The first kappa shape index (κ1) is 13.6. The molecule has 0 bridgehead atoms. The van der Waals surface area contributed by atoms with Gasteiger partial charge in [-0.05, 0) is 59.1 Å². The lowest BCUT2D eigenvalue weighted by atomic mass is 10.1. The zero-order valence-electron chi connectivity index (χ0n) is 10.8. The van der Waals surface area contributed by atoms with E-state index in [0.717, 1.165) is 21.4 Å². The molecule has 0 amide bonds. The summed E-state index contributed by atoms with van der Waals surface area (Å²) in [5, 5.41) is 12.2. The highest BCUT2D eigenvalue weighted by Gasteiger charge is 2.07. The number of halogens is 1. The molecule has 0 fully saturated rings. The summed E-state index contributed by atoms with van der Waals surface area (Å²) in [7, 11) is 0. The first-order chi connectivity index (χ1) is 9.10. The fourth-order valence-corrected chi connectivity index (χ4v) is 2.02. The van der Waals surface area contributed by atoms with Crippen molar-refractivity contribution < 1.29 is 0 Å². The molecule has 0 aliphatic heterocycles. The summed E-state index contributed by atoms with van der Waals surface area (Å²) in [5.74, 6) is 0.829. The van der Waals surface area contributed by atoms with Crippen LogP contribution in [0.15, 0.2) is 41.0 Å². The molecular weight excluding hydrogens is 302 g/mol. The van der Waals surface area contributed by atoms with Gasteiger partial charge in [0.25, 0.3) is 0 Å². The fourth-order valence-electron chi connectivity index (χ4n) is 1.80. The Kier molecular flexibility index (Phi) is 4.18. The highest BCUT2D eigenvalue weighted by atomic mass is 79.9. The minimum atomic E-state index is 0.0985. The Balaban J connectivity index is 2.18. The van der Waals surface area contributed by atoms with Crippen LogP contribution in [0, 0.1) is 18.3 Å². The summed E-state index contributed by atoms with van der Waals surface area (Å²) in [6, 6.07) is 11.8. The van der Waals surface area contributed by atoms with Gasteiger partial charge in [-0.3, -0.25) is 0 Å². The van der Waals surface area contributed by atoms with Crippen LogP contribution in [0.4, 0.5) is 5.82 Å². The number of hydrogen-bond acceptors (Lipinski definition) is 3. The van der Waals surface area contributed by atoms with Crippen molar-refractivity contribution in [3.05, 3.63) is 57.7 Å². The standard InChI is InChI=1S/C15H14BrN3/c1-10-6-15(18-9-14(10)16)19-11(2)13-5-3-4-12(7-13)8-17/h3-7,9,11H,1-2H3,(H,18,19). The third-order valence-electron chi connectivity index (χ3n) is 2.93. The van der Waals surface area contributed by atoms with Crippen molar-refractivity contribution in [3.63, 3.8) is 0 Å². The van der Waals surface area contributed by atoms with Gasteiger partial charge < -0.3 is 5.32 Å². The second-order valence-electron chi connectivity index (χ2n) is 4.42. The Bertz CT molecular complexity index is 632. The van der Waals surface area contributed by atoms with Gasteiger partial charge >= 0.3 is 0 Å². The van der Waals surface area contributed by atoms with E-state index in [2.05, 4.69) is 39.2 Å². The number of nitrogens with zero attached hydrogens (tertiary/aromatic N) is 2. The van der Waals surface area contributed by atoms with Crippen LogP contribution in [0.5, 0.6) is 0 Å². The maximum Gasteiger partial charge on any atom is 0.126 e. The number of anilines is 1. The summed E-state index contributed by atoms with van der Waals surface area (Å²) in [4.78, 5) is 4.32. The van der Waals surface area contributed by atoms with E-state index in [9.17, 15) is 0 Å². The van der Waals surface area contributed by atoms with Crippen LogP contribution in [-0.4, -0.2) is 4.98 Å². The largest absolute Gasteiger partial charge is 0.364 e. The van der Waals surface area contributed by atoms with Gasteiger partial charge in [0.15, 0.2) is 0 Å². The van der Waals surface area contributed by atoms with Gasteiger partial charge in [0, 0.05) is 16.7 Å². The molecular formula is C15H14BrN3. The Morgan fingerprint density at radius 1 is 1.37 bits per heavy atom. The molecule has 19 heavy (non-hydrogen) atoms. The van der Waals surface area contributed by atoms with Crippen molar-refractivity contribution in [2.24, 2.45) is 0 Å². The van der Waals surface area contributed by atoms with E-state index in [1.54, 1.807) is 12.3 Å².